The van der Waals surface area contributed by atoms with Crippen LogP contribution >= 0.6 is 0 Å². The minimum atomic E-state index is -0.405. The molecule has 3 aromatic rings. The summed E-state index contributed by atoms with van der Waals surface area (Å²) in [5.74, 6) is 1.52. The van der Waals surface area contributed by atoms with Crippen LogP contribution in [0.3, 0.4) is 0 Å². The van der Waals surface area contributed by atoms with Crippen LogP contribution in [0.15, 0.2) is 54.6 Å². The first kappa shape index (κ1) is 22.1. The van der Waals surface area contributed by atoms with Crippen molar-refractivity contribution in [2.24, 2.45) is 7.05 Å². The van der Waals surface area contributed by atoms with Crippen molar-refractivity contribution in [3.05, 3.63) is 65.7 Å². The second-order valence-electron chi connectivity index (χ2n) is 8.07. The maximum absolute atomic E-state index is 10.1. The molecule has 160 valence electrons. The number of rotatable bonds is 9. The van der Waals surface area contributed by atoms with Crippen molar-refractivity contribution >= 4 is 0 Å². The number of hydrogen-bond acceptors (Lipinski definition) is 4. The number of aliphatic hydroxyl groups excluding tert-OH is 1. The van der Waals surface area contributed by atoms with Crippen molar-refractivity contribution in [3.8, 4) is 22.9 Å². The quantitative estimate of drug-likeness (QED) is 0.532. The van der Waals surface area contributed by atoms with E-state index < -0.39 is 6.10 Å². The Kier molecular flexibility index (Phi) is 7.29. The number of aromatic nitrogens is 2. The fraction of sp³-hybridized carbons (Fsp3) is 0.400. The van der Waals surface area contributed by atoms with Gasteiger partial charge in [0.2, 0.25) is 5.88 Å². The van der Waals surface area contributed by atoms with Gasteiger partial charge < -0.3 is 9.84 Å². The molecule has 1 aromatic heterocycles. The van der Waals surface area contributed by atoms with Crippen LogP contribution in [0.1, 0.15) is 38.3 Å². The number of aliphatic hydroxyl groups is 1. The molecule has 0 saturated heterocycles. The van der Waals surface area contributed by atoms with Crippen molar-refractivity contribution < 1.29 is 9.84 Å². The van der Waals surface area contributed by atoms with Gasteiger partial charge in [-0.05, 0) is 39.3 Å². The van der Waals surface area contributed by atoms with Gasteiger partial charge in [0.05, 0.1) is 11.7 Å². The number of aryl methyl sites for hydroxylation is 2. The topological polar surface area (TPSA) is 50.5 Å². The molecule has 5 heteroatoms. The zero-order valence-electron chi connectivity index (χ0n) is 18.7. The molecule has 0 aliphatic carbocycles. The van der Waals surface area contributed by atoms with Gasteiger partial charge in [-0.2, -0.15) is 5.10 Å². The summed E-state index contributed by atoms with van der Waals surface area (Å²) in [6, 6.07) is 18.6. The predicted molar refractivity (Wildman–Crippen MR) is 122 cm³/mol. The molecule has 30 heavy (non-hydrogen) atoms. The van der Waals surface area contributed by atoms with Crippen molar-refractivity contribution in [1.29, 1.82) is 0 Å². The third kappa shape index (κ3) is 5.29. The number of ether oxygens (including phenoxy) is 1. The van der Waals surface area contributed by atoms with Gasteiger partial charge in [-0.25, -0.2) is 4.68 Å². The van der Waals surface area contributed by atoms with E-state index in [1.807, 2.05) is 61.1 Å². The Hall–Kier alpha value is -2.63. The summed E-state index contributed by atoms with van der Waals surface area (Å²) in [6.07, 6.45) is 0.597. The first-order valence-corrected chi connectivity index (χ1v) is 10.7. The van der Waals surface area contributed by atoms with Crippen LogP contribution in [0.4, 0.5) is 0 Å². The second-order valence-corrected chi connectivity index (χ2v) is 8.07. The first-order valence-electron chi connectivity index (χ1n) is 10.7. The van der Waals surface area contributed by atoms with Crippen LogP contribution < -0.4 is 4.74 Å². The van der Waals surface area contributed by atoms with Crippen LogP contribution in [0.2, 0.25) is 0 Å². The molecule has 5 nitrogen and oxygen atoms in total. The summed E-state index contributed by atoms with van der Waals surface area (Å²) in [4.78, 5) is 2.30. The van der Waals surface area contributed by atoms with Gasteiger partial charge in [0.15, 0.2) is 0 Å². The Morgan fingerprint density at radius 1 is 1.07 bits per heavy atom. The lowest BCUT2D eigenvalue weighted by atomic mass is 10.1. The predicted octanol–water partition coefficient (Wildman–Crippen LogP) is 5.17. The second kappa shape index (κ2) is 9.92. The smallest absolute Gasteiger partial charge is 0.222 e. The summed E-state index contributed by atoms with van der Waals surface area (Å²) in [6.45, 7) is 9.51. The van der Waals surface area contributed by atoms with E-state index in [4.69, 9.17) is 9.84 Å². The Balaban J connectivity index is 2.05. The van der Waals surface area contributed by atoms with E-state index in [-0.39, 0.29) is 0 Å². The standard InChI is InChI=1S/C25H33N3O2/c1-6-19(3)28(16-20(4)29)17-23-24(21-10-8-7-9-11-21)26-27(5)25(23)30-22-14-12-18(2)13-15-22/h7-15,19-20,29H,6,16-17H2,1-5H3/t19-,20-/m0/s1. The lowest BCUT2D eigenvalue weighted by molar-refractivity contribution is 0.0956. The van der Waals surface area contributed by atoms with Gasteiger partial charge in [-0.3, -0.25) is 4.90 Å². The molecule has 0 saturated carbocycles. The van der Waals surface area contributed by atoms with Crippen LogP contribution in [0, 0.1) is 6.92 Å². The van der Waals surface area contributed by atoms with Crippen LogP contribution in [-0.2, 0) is 13.6 Å². The van der Waals surface area contributed by atoms with Crippen LogP contribution in [-0.4, -0.2) is 38.5 Å². The molecule has 2 aromatic carbocycles. The third-order valence-electron chi connectivity index (χ3n) is 5.44. The molecule has 0 amide bonds. The summed E-state index contributed by atoms with van der Waals surface area (Å²) in [5, 5.41) is 14.9. The third-order valence-corrected chi connectivity index (χ3v) is 5.44. The Morgan fingerprint density at radius 2 is 1.73 bits per heavy atom. The molecular formula is C25H33N3O2. The maximum Gasteiger partial charge on any atom is 0.222 e. The van der Waals surface area contributed by atoms with Gasteiger partial charge in [0, 0.05) is 31.7 Å². The molecular weight excluding hydrogens is 374 g/mol. The normalized spacial score (nSPS) is 13.4. The van der Waals surface area contributed by atoms with Crippen LogP contribution in [0.25, 0.3) is 11.3 Å². The fourth-order valence-electron chi connectivity index (χ4n) is 3.57. The molecule has 1 heterocycles. The zero-order valence-corrected chi connectivity index (χ0v) is 18.7. The highest BCUT2D eigenvalue weighted by Gasteiger charge is 2.24. The molecule has 2 atom stereocenters. The minimum absolute atomic E-state index is 0.329. The van der Waals surface area contributed by atoms with E-state index >= 15 is 0 Å². The average Bonchev–Trinajstić information content (AvgIpc) is 3.04. The van der Waals surface area contributed by atoms with Crippen molar-refractivity contribution in [3.63, 3.8) is 0 Å². The molecule has 0 fully saturated rings. The van der Waals surface area contributed by atoms with Crippen LogP contribution in [0.5, 0.6) is 11.6 Å². The van der Waals surface area contributed by atoms with E-state index in [2.05, 4.69) is 37.8 Å². The zero-order chi connectivity index (χ0) is 21.7. The van der Waals surface area contributed by atoms with Crippen molar-refractivity contribution in [1.82, 2.24) is 14.7 Å². The maximum atomic E-state index is 10.1. The lowest BCUT2D eigenvalue weighted by Gasteiger charge is -2.29. The summed E-state index contributed by atoms with van der Waals surface area (Å²) in [7, 11) is 1.92. The largest absolute Gasteiger partial charge is 0.439 e. The van der Waals surface area contributed by atoms with Crippen molar-refractivity contribution in [2.45, 2.75) is 52.8 Å². The summed E-state index contributed by atoms with van der Waals surface area (Å²) >= 11 is 0. The molecule has 0 unspecified atom stereocenters. The molecule has 0 aliphatic heterocycles. The van der Waals surface area contributed by atoms with Gasteiger partial charge in [0.25, 0.3) is 0 Å². The number of nitrogens with zero attached hydrogens (tertiary/aromatic N) is 3. The summed E-state index contributed by atoms with van der Waals surface area (Å²) < 4.78 is 8.14. The molecule has 0 bridgehead atoms. The van der Waals surface area contributed by atoms with E-state index in [0.717, 1.165) is 34.9 Å². The van der Waals surface area contributed by atoms with Gasteiger partial charge in [0.1, 0.15) is 11.4 Å². The highest BCUT2D eigenvalue weighted by Crippen LogP contribution is 2.34. The molecule has 0 spiro atoms. The Morgan fingerprint density at radius 3 is 2.33 bits per heavy atom. The van der Waals surface area contributed by atoms with Crippen molar-refractivity contribution in [2.75, 3.05) is 6.54 Å². The highest BCUT2D eigenvalue weighted by molar-refractivity contribution is 5.65. The highest BCUT2D eigenvalue weighted by atomic mass is 16.5. The average molecular weight is 408 g/mol. The summed E-state index contributed by atoms with van der Waals surface area (Å²) in [5.41, 5.74) is 4.20. The van der Waals surface area contributed by atoms with E-state index in [9.17, 15) is 5.11 Å². The molecule has 3 rings (SSSR count). The molecule has 0 radical (unpaired) electrons. The number of benzene rings is 2. The van der Waals surface area contributed by atoms with E-state index in [1.54, 1.807) is 0 Å². The molecule has 0 aliphatic rings. The van der Waals surface area contributed by atoms with Gasteiger partial charge in [-0.1, -0.05) is 55.0 Å². The lowest BCUT2D eigenvalue weighted by Crippen LogP contribution is -2.37. The number of hydrogen-bond donors (Lipinski definition) is 1. The molecule has 1 N–H and O–H groups in total. The SMILES string of the molecule is CC[C@H](C)N(Cc1c(-c2ccccc2)nn(C)c1Oc1ccc(C)cc1)C[C@H](C)O. The Labute approximate surface area is 179 Å². The minimum Gasteiger partial charge on any atom is -0.439 e. The van der Waals surface area contributed by atoms with E-state index in [1.165, 1.54) is 5.56 Å². The van der Waals surface area contributed by atoms with Gasteiger partial charge in [-0.15, -0.1) is 0 Å². The monoisotopic (exact) mass is 407 g/mol. The van der Waals surface area contributed by atoms with E-state index in [0.29, 0.717) is 19.1 Å². The Bertz CT molecular complexity index is 933. The van der Waals surface area contributed by atoms with Gasteiger partial charge >= 0.3 is 0 Å². The fourth-order valence-corrected chi connectivity index (χ4v) is 3.57. The first-order chi connectivity index (χ1) is 14.4.